The van der Waals surface area contributed by atoms with Gasteiger partial charge in [0, 0.05) is 64.5 Å². The fourth-order valence-corrected chi connectivity index (χ4v) is 12.0. The standard InChI is InChI=1S/C62H72FN13O10S2/c1-6-76(7-2,37-41-20-23-42(24-21-41)66-57(80)46(17-10-29-65-60(64)84)67-58(81)53(38(3)4)69-50(77)28-34-85-35-31-74-51(78)26-27-52(74)79)32-12-14-40-22-25-47(44(63)36-40)86-33-13-19-49-54(59(82)83)70-62(88-49)75-30-11-15-43-39(5)55(72-73-56(43)75)71-61-68-45-16-8-9-18-48(45)87-61/h8-9,16,18,20-27,36,38,46,53H,6-7,10-11,13,15,17,19,28-35,37H2,1-5H3,(H7-,64,65,66,67,68,69,71,72,77,80,81,82,83,84)/p+1/t46-,53-/m0/s1. The molecule has 8 N–H and O–H groups in total. The number of nitrogens with one attached hydrogen (secondary N) is 5. The Balaban J connectivity index is 0.811. The van der Waals surface area contributed by atoms with Crippen LogP contribution in [0.3, 0.4) is 0 Å². The molecule has 0 radical (unpaired) electrons. The van der Waals surface area contributed by atoms with Crippen LogP contribution in [0.5, 0.6) is 5.75 Å². The third-order valence-corrected chi connectivity index (χ3v) is 17.3. The van der Waals surface area contributed by atoms with E-state index in [2.05, 4.69) is 72.4 Å². The van der Waals surface area contributed by atoms with E-state index in [1.165, 1.54) is 40.9 Å². The highest BCUT2D eigenvalue weighted by atomic mass is 32.1. The minimum atomic E-state index is -1.14. The molecule has 6 aromatic rings. The van der Waals surface area contributed by atoms with Gasteiger partial charge >= 0.3 is 12.0 Å². The van der Waals surface area contributed by atoms with E-state index in [9.17, 15) is 38.7 Å². The number of aromatic nitrogens is 4. The lowest BCUT2D eigenvalue weighted by Crippen LogP contribution is -2.54. The average molecular weight is 1240 g/mol. The molecule has 0 fully saturated rings. The molecule has 23 nitrogen and oxygen atoms in total. The van der Waals surface area contributed by atoms with Crippen molar-refractivity contribution in [2.75, 3.05) is 74.6 Å². The van der Waals surface area contributed by atoms with E-state index in [0.29, 0.717) is 81.4 Å². The number of primary amides is 1. The van der Waals surface area contributed by atoms with E-state index in [-0.39, 0.29) is 63.1 Å². The van der Waals surface area contributed by atoms with Gasteiger partial charge in [0.25, 0.3) is 11.8 Å². The molecule has 26 heteroatoms. The van der Waals surface area contributed by atoms with Crippen LogP contribution in [0.25, 0.3) is 10.2 Å². The first-order valence-electron chi connectivity index (χ1n) is 29.2. The van der Waals surface area contributed by atoms with E-state index in [0.717, 1.165) is 57.7 Å². The highest BCUT2D eigenvalue weighted by molar-refractivity contribution is 7.22. The number of fused-ring (bicyclic) bond motifs is 2. The van der Waals surface area contributed by atoms with Gasteiger partial charge in [-0.3, -0.25) is 28.9 Å². The summed E-state index contributed by atoms with van der Waals surface area (Å²) in [6.07, 6.45) is 5.02. The van der Waals surface area contributed by atoms with Crippen LogP contribution >= 0.6 is 22.7 Å². The molecule has 5 heterocycles. The summed E-state index contributed by atoms with van der Waals surface area (Å²) in [5.74, 6) is 3.16. The van der Waals surface area contributed by atoms with E-state index < -0.39 is 59.4 Å². The zero-order valence-electron chi connectivity index (χ0n) is 49.8. The van der Waals surface area contributed by atoms with E-state index in [4.69, 9.17) is 15.2 Å². The molecule has 2 aliphatic heterocycles. The number of hydrogen-bond acceptors (Lipinski definition) is 17. The smallest absolute Gasteiger partial charge is 0.355 e. The molecular formula is C62H73FN13O10S2+. The Hall–Kier alpha value is -8.90. The van der Waals surface area contributed by atoms with E-state index >= 15 is 4.39 Å². The number of nitrogens with two attached hydrogens (primary N) is 1. The normalized spacial score (nSPS) is 13.6. The Morgan fingerprint density at radius 3 is 2.38 bits per heavy atom. The molecule has 464 valence electrons. The number of thiazole rings is 2. The number of carbonyl (C=O) groups is 7. The van der Waals surface area contributed by atoms with Crippen molar-refractivity contribution in [2.24, 2.45) is 11.7 Å². The molecule has 2 atom stereocenters. The number of imide groups is 1. The zero-order chi connectivity index (χ0) is 62.9. The number of aromatic carboxylic acids is 1. The second-order valence-corrected chi connectivity index (χ2v) is 23.7. The highest BCUT2D eigenvalue weighted by Crippen LogP contribution is 2.39. The number of para-hydroxylation sites is 1. The summed E-state index contributed by atoms with van der Waals surface area (Å²) < 4.78 is 28.5. The lowest BCUT2D eigenvalue weighted by molar-refractivity contribution is -0.931. The van der Waals surface area contributed by atoms with Crippen molar-refractivity contribution in [3.05, 3.63) is 118 Å². The number of carbonyl (C=O) groups excluding carboxylic acids is 6. The van der Waals surface area contributed by atoms with Crippen LogP contribution in [0, 0.1) is 30.5 Å². The molecule has 7 amide bonds. The summed E-state index contributed by atoms with van der Waals surface area (Å²) in [6, 6.07) is 17.0. The maximum Gasteiger partial charge on any atom is 0.355 e. The Kier molecular flexibility index (Phi) is 22.7. The van der Waals surface area contributed by atoms with Crippen molar-refractivity contribution in [2.45, 2.75) is 98.2 Å². The van der Waals surface area contributed by atoms with Crippen LogP contribution in [-0.4, -0.2) is 147 Å². The van der Waals surface area contributed by atoms with Gasteiger partial charge in [-0.05, 0) is 114 Å². The first-order valence-corrected chi connectivity index (χ1v) is 30.9. The molecule has 3 aromatic heterocycles. The topological polar surface area (TPSA) is 302 Å². The van der Waals surface area contributed by atoms with Crippen LogP contribution < -0.4 is 42.0 Å². The molecule has 3 aromatic carbocycles. The minimum absolute atomic E-state index is 0.0237. The minimum Gasteiger partial charge on any atom is -0.491 e. The molecule has 0 saturated heterocycles. The van der Waals surface area contributed by atoms with Crippen molar-refractivity contribution in [3.8, 4) is 17.6 Å². The number of amides is 7. The summed E-state index contributed by atoms with van der Waals surface area (Å²) in [7, 11) is 0. The number of ether oxygens (including phenoxy) is 2. The summed E-state index contributed by atoms with van der Waals surface area (Å²) in [5.41, 5.74) is 9.98. The van der Waals surface area contributed by atoms with Gasteiger partial charge < -0.3 is 56.3 Å². The third-order valence-electron chi connectivity index (χ3n) is 15.2. The van der Waals surface area contributed by atoms with Gasteiger partial charge in [0.1, 0.15) is 25.2 Å². The largest absolute Gasteiger partial charge is 0.491 e. The van der Waals surface area contributed by atoms with Gasteiger partial charge in [-0.25, -0.2) is 23.9 Å². The van der Waals surface area contributed by atoms with Crippen LogP contribution in [0.4, 0.5) is 36.8 Å². The summed E-state index contributed by atoms with van der Waals surface area (Å²) >= 11 is 2.82. The second-order valence-electron chi connectivity index (χ2n) is 21.6. The molecule has 0 spiro atoms. The Labute approximate surface area is 517 Å². The number of nitrogens with zero attached hydrogens (tertiary/aromatic N) is 7. The van der Waals surface area contributed by atoms with Crippen molar-refractivity contribution in [1.82, 2.24) is 41.0 Å². The van der Waals surface area contributed by atoms with Gasteiger partial charge in [-0.15, -0.1) is 21.5 Å². The number of quaternary nitrogens is 1. The van der Waals surface area contributed by atoms with Gasteiger partial charge in [-0.1, -0.05) is 55.4 Å². The van der Waals surface area contributed by atoms with Gasteiger partial charge in [-0.2, -0.15) is 0 Å². The number of rotatable bonds is 30. The quantitative estimate of drug-likeness (QED) is 0.0101. The Morgan fingerprint density at radius 2 is 1.67 bits per heavy atom. The van der Waals surface area contributed by atoms with Gasteiger partial charge in [0.15, 0.2) is 39.2 Å². The number of aryl methyl sites for hydroxylation is 1. The molecule has 0 aliphatic carbocycles. The molecular weight excluding hydrogens is 1170 g/mol. The number of carboxylic acids is 1. The van der Waals surface area contributed by atoms with Gasteiger partial charge in [0.05, 0.1) is 49.7 Å². The summed E-state index contributed by atoms with van der Waals surface area (Å²) in [6.45, 7) is 13.1. The zero-order valence-corrected chi connectivity index (χ0v) is 51.4. The molecule has 88 heavy (non-hydrogen) atoms. The van der Waals surface area contributed by atoms with Crippen molar-refractivity contribution >= 4 is 102 Å². The van der Waals surface area contributed by atoms with Crippen molar-refractivity contribution < 1.29 is 57.0 Å². The molecule has 8 rings (SSSR count). The average Bonchev–Trinajstić information content (AvgIpc) is 1.61. The Morgan fingerprint density at radius 1 is 0.909 bits per heavy atom. The third kappa shape index (κ3) is 17.2. The second kappa shape index (κ2) is 30.6. The van der Waals surface area contributed by atoms with Crippen LogP contribution in [0.1, 0.15) is 97.4 Å². The van der Waals surface area contributed by atoms with Crippen LogP contribution in [0.15, 0.2) is 78.9 Å². The van der Waals surface area contributed by atoms with Gasteiger partial charge in [0.2, 0.25) is 17.7 Å². The highest BCUT2D eigenvalue weighted by Gasteiger charge is 2.32. The number of hydrogen-bond donors (Lipinski definition) is 7. The number of benzene rings is 3. The van der Waals surface area contributed by atoms with E-state index in [1.807, 2.05) is 48.2 Å². The first-order chi connectivity index (χ1) is 42.3. The Bertz CT molecular complexity index is 3570. The van der Waals surface area contributed by atoms with E-state index in [1.54, 1.807) is 38.1 Å². The SMILES string of the molecule is CC[N+](CC)(CC#Cc1ccc(OCCCc2sc(N3CCCc4c3nnc(Nc3nc5ccccc5s3)c4C)nc2C(=O)O)c(F)c1)Cc1ccc(NC(=O)[C@H](CCCNC(N)=O)NC(=O)[C@@H](NC(=O)CCOCCN2C(=O)C=CC2=O)C(C)C)cc1. The fourth-order valence-electron chi connectivity index (χ4n) is 10.1. The number of halogens is 1. The maximum absolute atomic E-state index is 15.5. The lowest BCUT2D eigenvalue weighted by Gasteiger charge is -2.35. The number of anilines is 5. The van der Waals surface area contributed by atoms with Crippen LogP contribution in [0.2, 0.25) is 0 Å². The number of urea groups is 1. The first kappa shape index (κ1) is 65.1. The summed E-state index contributed by atoms with van der Waals surface area (Å²) in [5, 5.41) is 34.7. The van der Waals surface area contributed by atoms with Crippen LogP contribution in [-0.2, 0) is 48.1 Å². The van der Waals surface area contributed by atoms with Crippen molar-refractivity contribution in [1.29, 1.82) is 0 Å². The molecule has 0 unspecified atom stereocenters. The monoisotopic (exact) mass is 1240 g/mol. The summed E-state index contributed by atoms with van der Waals surface area (Å²) in [4.78, 5) is 100. The predicted octanol–water partition coefficient (Wildman–Crippen LogP) is 7.28. The molecule has 0 saturated carbocycles. The predicted molar refractivity (Wildman–Crippen MR) is 333 cm³/mol. The lowest BCUT2D eigenvalue weighted by atomic mass is 10.0. The molecule has 0 bridgehead atoms. The number of carboxylic acid groups (broad SMARTS) is 1. The van der Waals surface area contributed by atoms with Crippen molar-refractivity contribution in [3.63, 3.8) is 0 Å². The maximum atomic E-state index is 15.5. The molecule has 2 aliphatic rings. The fraction of sp³-hybridized carbons (Fsp3) is 0.403.